The lowest BCUT2D eigenvalue weighted by Gasteiger charge is -2.27. The van der Waals surface area contributed by atoms with E-state index < -0.39 is 4.92 Å². The van der Waals surface area contributed by atoms with Crippen molar-refractivity contribution >= 4 is 5.69 Å². The number of nitrogens with zero attached hydrogens (tertiary/aromatic N) is 1. The molecule has 5 nitrogen and oxygen atoms in total. The summed E-state index contributed by atoms with van der Waals surface area (Å²) in [6, 6.07) is 6.62. The maximum Gasteiger partial charge on any atom is 0.310 e. The van der Waals surface area contributed by atoms with Gasteiger partial charge in [0.15, 0.2) is 5.75 Å². The van der Waals surface area contributed by atoms with E-state index in [4.69, 9.17) is 10.5 Å². The summed E-state index contributed by atoms with van der Waals surface area (Å²) in [5.41, 5.74) is 5.88. The summed E-state index contributed by atoms with van der Waals surface area (Å²) in [5.74, 6) is 0.344. The van der Waals surface area contributed by atoms with Crippen molar-refractivity contribution in [1.82, 2.24) is 0 Å². The first-order chi connectivity index (χ1) is 8.16. The largest absolute Gasteiger partial charge is 0.483 e. The van der Waals surface area contributed by atoms with Crippen LogP contribution in [0.4, 0.5) is 5.69 Å². The number of ether oxygens (including phenoxy) is 1. The Bertz CT molecular complexity index is 408. The molecule has 1 aliphatic carbocycles. The van der Waals surface area contributed by atoms with Crippen LogP contribution in [0.2, 0.25) is 0 Å². The number of nitrogens with two attached hydrogens (primary N) is 1. The van der Waals surface area contributed by atoms with E-state index >= 15 is 0 Å². The van der Waals surface area contributed by atoms with Gasteiger partial charge in [-0.15, -0.1) is 0 Å². The minimum absolute atomic E-state index is 0.000139. The van der Waals surface area contributed by atoms with Crippen LogP contribution in [-0.4, -0.2) is 17.1 Å². The quantitative estimate of drug-likeness (QED) is 0.644. The maximum atomic E-state index is 10.8. The van der Waals surface area contributed by atoms with Crippen molar-refractivity contribution in [3.63, 3.8) is 0 Å². The fourth-order valence-electron chi connectivity index (χ4n) is 2.18. The zero-order chi connectivity index (χ0) is 12.3. The molecule has 0 bridgehead atoms. The number of nitro benzene ring substituents is 1. The predicted molar refractivity (Wildman–Crippen MR) is 64.0 cm³/mol. The Morgan fingerprint density at radius 2 is 2.12 bits per heavy atom. The molecule has 1 saturated carbocycles. The highest BCUT2D eigenvalue weighted by Crippen LogP contribution is 2.30. The van der Waals surface area contributed by atoms with Gasteiger partial charge in [-0.3, -0.25) is 10.1 Å². The summed E-state index contributed by atoms with van der Waals surface area (Å²) in [5, 5.41) is 10.8. The molecule has 1 aromatic rings. The normalized spacial score (nSPS) is 24.3. The van der Waals surface area contributed by atoms with Gasteiger partial charge in [0, 0.05) is 12.1 Å². The molecule has 0 aliphatic heterocycles. The first-order valence-corrected chi connectivity index (χ1v) is 5.82. The number of rotatable bonds is 3. The minimum atomic E-state index is -0.419. The summed E-state index contributed by atoms with van der Waals surface area (Å²) in [6.07, 6.45) is 3.72. The van der Waals surface area contributed by atoms with Crippen molar-refractivity contribution in [2.24, 2.45) is 5.73 Å². The topological polar surface area (TPSA) is 78.4 Å². The highest BCUT2D eigenvalue weighted by molar-refractivity contribution is 5.45. The van der Waals surface area contributed by atoms with Crippen LogP contribution < -0.4 is 10.5 Å². The summed E-state index contributed by atoms with van der Waals surface area (Å²) in [7, 11) is 0. The van der Waals surface area contributed by atoms with Crippen molar-refractivity contribution in [2.75, 3.05) is 0 Å². The lowest BCUT2D eigenvalue weighted by Crippen LogP contribution is -2.33. The van der Waals surface area contributed by atoms with Crippen LogP contribution in [0.15, 0.2) is 24.3 Å². The van der Waals surface area contributed by atoms with Gasteiger partial charge in [-0.2, -0.15) is 0 Å². The van der Waals surface area contributed by atoms with Crippen LogP contribution in [0.1, 0.15) is 25.7 Å². The fraction of sp³-hybridized carbons (Fsp3) is 0.500. The zero-order valence-electron chi connectivity index (χ0n) is 9.54. The summed E-state index contributed by atoms with van der Waals surface area (Å²) < 4.78 is 5.70. The third-order valence-electron chi connectivity index (χ3n) is 3.02. The third kappa shape index (κ3) is 2.94. The molecule has 0 amide bonds. The number of para-hydroxylation sites is 2. The van der Waals surface area contributed by atoms with Crippen LogP contribution in [0.25, 0.3) is 0 Å². The Kier molecular flexibility index (Phi) is 3.58. The summed E-state index contributed by atoms with van der Waals surface area (Å²) in [4.78, 5) is 10.4. The van der Waals surface area contributed by atoms with Gasteiger partial charge in [-0.05, 0) is 31.7 Å². The first-order valence-electron chi connectivity index (χ1n) is 5.82. The second-order valence-corrected chi connectivity index (χ2v) is 4.39. The van der Waals surface area contributed by atoms with Crippen molar-refractivity contribution in [1.29, 1.82) is 0 Å². The highest BCUT2D eigenvalue weighted by atomic mass is 16.6. The highest BCUT2D eigenvalue weighted by Gasteiger charge is 2.23. The van der Waals surface area contributed by atoms with Crippen LogP contribution in [-0.2, 0) is 0 Å². The number of nitro groups is 1. The van der Waals surface area contributed by atoms with Crippen molar-refractivity contribution in [3.05, 3.63) is 34.4 Å². The van der Waals surface area contributed by atoms with Gasteiger partial charge in [0.05, 0.1) is 4.92 Å². The monoisotopic (exact) mass is 236 g/mol. The molecule has 2 N–H and O–H groups in total. The molecular formula is C12H16N2O3. The average Bonchev–Trinajstić information content (AvgIpc) is 2.29. The van der Waals surface area contributed by atoms with Gasteiger partial charge in [-0.25, -0.2) is 0 Å². The van der Waals surface area contributed by atoms with Gasteiger partial charge in [0.1, 0.15) is 6.10 Å². The molecule has 1 aliphatic rings. The van der Waals surface area contributed by atoms with Gasteiger partial charge in [0.2, 0.25) is 0 Å². The number of hydrogen-bond acceptors (Lipinski definition) is 4. The molecule has 0 aromatic heterocycles. The van der Waals surface area contributed by atoms with E-state index in [9.17, 15) is 10.1 Å². The van der Waals surface area contributed by atoms with Crippen LogP contribution >= 0.6 is 0 Å². The maximum absolute atomic E-state index is 10.8. The molecule has 0 radical (unpaired) electrons. The Hall–Kier alpha value is -1.62. The molecule has 0 heterocycles. The van der Waals surface area contributed by atoms with Crippen molar-refractivity contribution in [3.8, 4) is 5.75 Å². The van der Waals surface area contributed by atoms with Gasteiger partial charge in [-0.1, -0.05) is 12.1 Å². The van der Waals surface area contributed by atoms with E-state index in [-0.39, 0.29) is 17.8 Å². The zero-order valence-corrected chi connectivity index (χ0v) is 9.54. The Morgan fingerprint density at radius 3 is 2.82 bits per heavy atom. The summed E-state index contributed by atoms with van der Waals surface area (Å²) in [6.45, 7) is 0. The predicted octanol–water partition coefficient (Wildman–Crippen LogP) is 2.24. The lowest BCUT2D eigenvalue weighted by molar-refractivity contribution is -0.386. The molecule has 1 fully saturated rings. The Balaban J connectivity index is 2.10. The number of benzene rings is 1. The van der Waals surface area contributed by atoms with Crippen LogP contribution in [0, 0.1) is 10.1 Å². The lowest BCUT2D eigenvalue weighted by atomic mass is 9.93. The van der Waals surface area contributed by atoms with Gasteiger partial charge in [0.25, 0.3) is 0 Å². The molecule has 17 heavy (non-hydrogen) atoms. The van der Waals surface area contributed by atoms with Gasteiger partial charge >= 0.3 is 5.69 Å². The van der Waals surface area contributed by atoms with Crippen LogP contribution in [0.3, 0.4) is 0 Å². The Labute approximate surface area is 99.7 Å². The Morgan fingerprint density at radius 1 is 1.35 bits per heavy atom. The molecule has 5 heteroatoms. The fourth-order valence-corrected chi connectivity index (χ4v) is 2.18. The third-order valence-corrected chi connectivity index (χ3v) is 3.02. The van der Waals surface area contributed by atoms with Crippen molar-refractivity contribution < 1.29 is 9.66 Å². The van der Waals surface area contributed by atoms with Crippen molar-refractivity contribution in [2.45, 2.75) is 37.8 Å². The molecule has 0 spiro atoms. The summed E-state index contributed by atoms with van der Waals surface area (Å²) >= 11 is 0. The SMILES string of the molecule is NC1CCCC(Oc2ccccc2[N+](=O)[O-])C1. The molecule has 2 rings (SSSR count). The standard InChI is InChI=1S/C12H16N2O3/c13-9-4-3-5-10(8-9)17-12-7-2-1-6-11(12)14(15)16/h1-2,6-7,9-10H,3-5,8,13H2. The van der Waals surface area contributed by atoms with E-state index in [1.807, 2.05) is 0 Å². The smallest absolute Gasteiger partial charge is 0.310 e. The van der Waals surface area contributed by atoms with Gasteiger partial charge < -0.3 is 10.5 Å². The molecule has 1 aromatic carbocycles. The van der Waals surface area contributed by atoms with E-state index in [2.05, 4.69) is 0 Å². The van der Waals surface area contributed by atoms with E-state index in [1.54, 1.807) is 18.2 Å². The first kappa shape index (κ1) is 11.9. The van der Waals surface area contributed by atoms with Crippen LogP contribution in [0.5, 0.6) is 5.75 Å². The van der Waals surface area contributed by atoms with E-state index in [1.165, 1.54) is 6.07 Å². The molecule has 92 valence electrons. The average molecular weight is 236 g/mol. The molecule has 2 unspecified atom stereocenters. The van der Waals surface area contributed by atoms with E-state index in [0.29, 0.717) is 5.75 Å². The number of hydrogen-bond donors (Lipinski definition) is 1. The molecular weight excluding hydrogens is 220 g/mol. The second kappa shape index (κ2) is 5.14. The molecule has 2 atom stereocenters. The van der Waals surface area contributed by atoms with E-state index in [0.717, 1.165) is 25.7 Å². The minimum Gasteiger partial charge on any atom is -0.483 e. The molecule has 0 saturated heterocycles. The second-order valence-electron chi connectivity index (χ2n) is 4.39.